The van der Waals surface area contributed by atoms with Gasteiger partial charge >= 0.3 is 0 Å². The summed E-state index contributed by atoms with van der Waals surface area (Å²) >= 11 is 0. The second-order valence-corrected chi connectivity index (χ2v) is 8.46. The average molecular weight is 386 g/mol. The van der Waals surface area contributed by atoms with Crippen molar-refractivity contribution in [3.63, 3.8) is 0 Å². The van der Waals surface area contributed by atoms with E-state index < -0.39 is 0 Å². The number of ether oxygens (including phenoxy) is 1. The number of carbonyl (C=O) groups is 2. The van der Waals surface area contributed by atoms with E-state index in [4.69, 9.17) is 4.74 Å². The fourth-order valence-corrected chi connectivity index (χ4v) is 4.99. The van der Waals surface area contributed by atoms with Gasteiger partial charge in [0.1, 0.15) is 0 Å². The lowest BCUT2D eigenvalue weighted by Crippen LogP contribution is -2.47. The van der Waals surface area contributed by atoms with E-state index in [-0.39, 0.29) is 23.3 Å². The highest BCUT2D eigenvalue weighted by atomic mass is 16.5. The zero-order valence-corrected chi connectivity index (χ0v) is 16.5. The number of carbonyl (C=O) groups excluding carboxylic acids is 2. The Bertz CT molecular complexity index is 717. The lowest BCUT2D eigenvalue weighted by Gasteiger charge is -2.37. The third-order valence-electron chi connectivity index (χ3n) is 6.65. The molecule has 6 nitrogen and oxygen atoms in total. The van der Waals surface area contributed by atoms with Crippen LogP contribution in [0.1, 0.15) is 54.4 Å². The smallest absolute Gasteiger partial charge is 0.251 e. The van der Waals surface area contributed by atoms with Gasteiger partial charge in [-0.05, 0) is 55.8 Å². The summed E-state index contributed by atoms with van der Waals surface area (Å²) < 4.78 is 5.55. The summed E-state index contributed by atoms with van der Waals surface area (Å²) in [6, 6.07) is 7.52. The number of amides is 2. The molecule has 2 aliphatic heterocycles. The molecule has 3 aliphatic rings. The summed E-state index contributed by atoms with van der Waals surface area (Å²) in [4.78, 5) is 25.4. The van der Waals surface area contributed by atoms with Crippen molar-refractivity contribution in [3.8, 4) is 0 Å². The molecule has 0 spiro atoms. The Balaban J connectivity index is 1.33. The van der Waals surface area contributed by atoms with E-state index in [0.29, 0.717) is 24.6 Å². The summed E-state index contributed by atoms with van der Waals surface area (Å²) in [7, 11) is 0. The van der Waals surface area contributed by atoms with E-state index in [9.17, 15) is 9.59 Å². The van der Waals surface area contributed by atoms with E-state index in [1.54, 1.807) is 0 Å². The van der Waals surface area contributed by atoms with Gasteiger partial charge in [0.05, 0.1) is 11.5 Å². The normalized spacial score (nSPS) is 29.3. The quantitative estimate of drug-likeness (QED) is 0.700. The molecule has 0 aromatic heterocycles. The van der Waals surface area contributed by atoms with Crippen LogP contribution in [0.2, 0.25) is 0 Å². The molecular formula is C22H31N3O3. The van der Waals surface area contributed by atoms with Gasteiger partial charge in [0.15, 0.2) is 0 Å². The van der Waals surface area contributed by atoms with Crippen molar-refractivity contribution in [3.05, 3.63) is 35.4 Å². The van der Waals surface area contributed by atoms with Gasteiger partial charge in [0.2, 0.25) is 5.91 Å². The van der Waals surface area contributed by atoms with Crippen LogP contribution in [0.3, 0.4) is 0 Å². The Labute approximate surface area is 166 Å². The van der Waals surface area contributed by atoms with E-state index in [0.717, 1.165) is 57.4 Å². The molecule has 0 radical (unpaired) electrons. The highest BCUT2D eigenvalue weighted by Crippen LogP contribution is 2.43. The minimum Gasteiger partial charge on any atom is -0.376 e. The standard InChI is InChI=1S/C22H31N3O3/c26-20(24-14-19-8-4-10-28-19)17-6-3-5-16(11-17)12-25-21(27)22-9-2-1-7-18(22)13-23-15-22/h3,5-6,11,18-19,23H,1-2,4,7-10,12-15H2,(H,24,26)(H,25,27)/t18-,19?,22+/m0/s1. The van der Waals surface area contributed by atoms with Gasteiger partial charge in [-0.3, -0.25) is 9.59 Å². The first-order valence-corrected chi connectivity index (χ1v) is 10.7. The number of rotatable bonds is 6. The Kier molecular flexibility index (Phi) is 5.97. The van der Waals surface area contributed by atoms with Crippen molar-refractivity contribution in [1.29, 1.82) is 0 Å². The number of benzene rings is 1. The molecule has 3 atom stereocenters. The molecule has 1 aromatic carbocycles. The molecule has 28 heavy (non-hydrogen) atoms. The van der Waals surface area contributed by atoms with Gasteiger partial charge in [-0.2, -0.15) is 0 Å². The zero-order valence-electron chi connectivity index (χ0n) is 16.5. The lowest BCUT2D eigenvalue weighted by atomic mass is 9.67. The number of fused-ring (bicyclic) bond motifs is 1. The molecule has 152 valence electrons. The highest BCUT2D eigenvalue weighted by molar-refractivity contribution is 5.94. The Hall–Kier alpha value is -1.92. The van der Waals surface area contributed by atoms with Crippen LogP contribution < -0.4 is 16.0 Å². The lowest BCUT2D eigenvalue weighted by molar-refractivity contribution is -0.134. The van der Waals surface area contributed by atoms with E-state index in [1.807, 2.05) is 24.3 Å². The van der Waals surface area contributed by atoms with Gasteiger partial charge < -0.3 is 20.7 Å². The van der Waals surface area contributed by atoms with Crippen molar-refractivity contribution in [2.24, 2.45) is 11.3 Å². The molecular weight excluding hydrogens is 354 g/mol. The van der Waals surface area contributed by atoms with Gasteiger partial charge in [0, 0.05) is 31.8 Å². The number of hydrogen-bond acceptors (Lipinski definition) is 4. The maximum absolute atomic E-state index is 13.0. The second kappa shape index (κ2) is 8.62. The maximum atomic E-state index is 13.0. The molecule has 2 amide bonds. The average Bonchev–Trinajstić information content (AvgIpc) is 3.40. The van der Waals surface area contributed by atoms with Crippen LogP contribution in [0.25, 0.3) is 0 Å². The Morgan fingerprint density at radius 1 is 1.18 bits per heavy atom. The predicted molar refractivity (Wildman–Crippen MR) is 107 cm³/mol. The van der Waals surface area contributed by atoms with Crippen LogP contribution in [-0.4, -0.2) is 44.2 Å². The molecule has 3 N–H and O–H groups in total. The second-order valence-electron chi connectivity index (χ2n) is 8.46. The van der Waals surface area contributed by atoms with Crippen molar-refractivity contribution in [1.82, 2.24) is 16.0 Å². The monoisotopic (exact) mass is 385 g/mol. The zero-order chi connectivity index (χ0) is 19.4. The molecule has 1 aliphatic carbocycles. The number of nitrogens with one attached hydrogen (secondary N) is 3. The van der Waals surface area contributed by atoms with Crippen LogP contribution >= 0.6 is 0 Å². The first-order chi connectivity index (χ1) is 13.7. The van der Waals surface area contributed by atoms with Crippen LogP contribution in [-0.2, 0) is 16.1 Å². The third-order valence-corrected chi connectivity index (χ3v) is 6.65. The molecule has 1 saturated carbocycles. The minimum absolute atomic E-state index is 0.0883. The molecule has 3 fully saturated rings. The molecule has 4 rings (SSSR count). The van der Waals surface area contributed by atoms with Crippen molar-refractivity contribution < 1.29 is 14.3 Å². The molecule has 2 saturated heterocycles. The van der Waals surface area contributed by atoms with Crippen molar-refractivity contribution >= 4 is 11.8 Å². The number of hydrogen-bond donors (Lipinski definition) is 3. The first-order valence-electron chi connectivity index (χ1n) is 10.7. The van der Waals surface area contributed by atoms with Crippen LogP contribution in [0, 0.1) is 11.3 Å². The SMILES string of the molecule is O=C(NCC1CCCO1)c1cccc(CNC(=O)[C@@]23CCCC[C@H]2CNC3)c1. The van der Waals surface area contributed by atoms with Crippen molar-refractivity contribution in [2.75, 3.05) is 26.2 Å². The summed E-state index contributed by atoms with van der Waals surface area (Å²) in [5.41, 5.74) is 1.34. The molecule has 1 unspecified atom stereocenters. The van der Waals surface area contributed by atoms with Crippen LogP contribution in [0.5, 0.6) is 0 Å². The van der Waals surface area contributed by atoms with Crippen LogP contribution in [0.15, 0.2) is 24.3 Å². The van der Waals surface area contributed by atoms with Crippen LogP contribution in [0.4, 0.5) is 0 Å². The van der Waals surface area contributed by atoms with Gasteiger partial charge in [-0.25, -0.2) is 0 Å². The van der Waals surface area contributed by atoms with E-state index in [2.05, 4.69) is 16.0 Å². The van der Waals surface area contributed by atoms with E-state index in [1.165, 1.54) is 6.42 Å². The van der Waals surface area contributed by atoms with Crippen molar-refractivity contribution in [2.45, 2.75) is 51.2 Å². The molecule has 6 heteroatoms. The van der Waals surface area contributed by atoms with Gasteiger partial charge in [-0.1, -0.05) is 25.0 Å². The minimum atomic E-state index is -0.242. The maximum Gasteiger partial charge on any atom is 0.251 e. The highest BCUT2D eigenvalue weighted by Gasteiger charge is 2.49. The summed E-state index contributed by atoms with van der Waals surface area (Å²) in [6.45, 7) is 3.54. The topological polar surface area (TPSA) is 79.5 Å². The molecule has 2 heterocycles. The van der Waals surface area contributed by atoms with Gasteiger partial charge in [-0.15, -0.1) is 0 Å². The molecule has 0 bridgehead atoms. The Morgan fingerprint density at radius 3 is 2.96 bits per heavy atom. The Morgan fingerprint density at radius 2 is 2.11 bits per heavy atom. The fourth-order valence-electron chi connectivity index (χ4n) is 4.99. The van der Waals surface area contributed by atoms with Gasteiger partial charge in [0.25, 0.3) is 5.91 Å². The third kappa shape index (κ3) is 4.08. The summed E-state index contributed by atoms with van der Waals surface area (Å²) in [6.07, 6.45) is 6.67. The summed E-state index contributed by atoms with van der Waals surface area (Å²) in [5, 5.41) is 9.52. The first kappa shape index (κ1) is 19.4. The predicted octanol–water partition coefficient (Wildman–Crippen LogP) is 1.99. The summed E-state index contributed by atoms with van der Waals surface area (Å²) in [5.74, 6) is 0.529. The largest absolute Gasteiger partial charge is 0.376 e. The van der Waals surface area contributed by atoms with E-state index >= 15 is 0 Å². The molecule has 1 aromatic rings. The fraction of sp³-hybridized carbons (Fsp3) is 0.636.